The van der Waals surface area contributed by atoms with Crippen LogP contribution < -0.4 is 0 Å². The lowest BCUT2D eigenvalue weighted by Crippen LogP contribution is -1.98. The Bertz CT molecular complexity index is 729. The van der Waals surface area contributed by atoms with Crippen LogP contribution in [0.25, 0.3) is 11.6 Å². The van der Waals surface area contributed by atoms with Crippen LogP contribution in [0.1, 0.15) is 22.8 Å². The van der Waals surface area contributed by atoms with Gasteiger partial charge in [-0.2, -0.15) is 4.98 Å². The summed E-state index contributed by atoms with van der Waals surface area (Å²) < 4.78 is 10.4. The topological polar surface area (TPSA) is 77.8 Å². The van der Waals surface area contributed by atoms with Crippen LogP contribution in [0.5, 0.6) is 0 Å². The number of thioether (sulfide) groups is 1. The van der Waals surface area contributed by atoms with Crippen LogP contribution in [0.2, 0.25) is 0 Å². The van der Waals surface area contributed by atoms with Crippen LogP contribution in [0, 0.1) is 20.8 Å². The fourth-order valence-electron chi connectivity index (χ4n) is 1.75. The summed E-state index contributed by atoms with van der Waals surface area (Å²) in [5, 5.41) is 4.60. The second-order valence-electron chi connectivity index (χ2n) is 4.58. The van der Waals surface area contributed by atoms with Gasteiger partial charge in [0.2, 0.25) is 11.7 Å². The van der Waals surface area contributed by atoms with E-state index in [-0.39, 0.29) is 0 Å². The maximum Gasteiger partial charge on any atom is 0.238 e. The van der Waals surface area contributed by atoms with Crippen molar-refractivity contribution >= 4 is 11.8 Å². The van der Waals surface area contributed by atoms with Crippen molar-refractivity contribution in [3.05, 3.63) is 41.2 Å². The highest BCUT2D eigenvalue weighted by molar-refractivity contribution is 7.98. The van der Waals surface area contributed by atoms with Gasteiger partial charge in [0, 0.05) is 11.4 Å². The molecule has 0 N–H and O–H groups in total. The highest BCUT2D eigenvalue weighted by atomic mass is 32.2. The summed E-state index contributed by atoms with van der Waals surface area (Å²) in [5.74, 6) is 2.09. The summed E-state index contributed by atoms with van der Waals surface area (Å²) >= 11 is 1.47. The van der Waals surface area contributed by atoms with Gasteiger partial charge in [0.25, 0.3) is 0 Å². The molecule has 0 saturated heterocycles. The monoisotopic (exact) mass is 302 g/mol. The van der Waals surface area contributed by atoms with Gasteiger partial charge >= 0.3 is 0 Å². The molecule has 0 unspecified atom stereocenters. The van der Waals surface area contributed by atoms with Crippen molar-refractivity contribution in [3.63, 3.8) is 0 Å². The van der Waals surface area contributed by atoms with Crippen LogP contribution in [-0.4, -0.2) is 20.1 Å². The lowest BCUT2D eigenvalue weighted by atomic mass is 10.2. The molecule has 0 saturated carbocycles. The molecule has 0 fully saturated rings. The van der Waals surface area contributed by atoms with Crippen molar-refractivity contribution in [3.8, 4) is 11.6 Å². The standard InChI is InChI=1S/C14H14N4O2S/c1-8-9(2)15-14(16-10(8)3)21-7-12-17-13(18-20-12)11-5-4-6-19-11/h4-6H,7H2,1-3H3. The molecule has 21 heavy (non-hydrogen) atoms. The van der Waals surface area contributed by atoms with Gasteiger partial charge in [0.15, 0.2) is 10.9 Å². The van der Waals surface area contributed by atoms with Gasteiger partial charge in [0.05, 0.1) is 12.0 Å². The minimum atomic E-state index is 0.452. The zero-order valence-corrected chi connectivity index (χ0v) is 12.8. The number of aromatic nitrogens is 4. The lowest BCUT2D eigenvalue weighted by Gasteiger charge is -2.05. The van der Waals surface area contributed by atoms with Crippen LogP contribution in [0.15, 0.2) is 32.5 Å². The minimum Gasteiger partial charge on any atom is -0.461 e. The second-order valence-corrected chi connectivity index (χ2v) is 5.52. The molecule has 7 heteroatoms. The maximum absolute atomic E-state index is 5.22. The SMILES string of the molecule is Cc1nc(SCc2nc(-c3ccco3)no2)nc(C)c1C. The third kappa shape index (κ3) is 2.97. The predicted molar refractivity (Wildman–Crippen MR) is 77.8 cm³/mol. The molecule has 3 heterocycles. The Balaban J connectivity index is 1.71. The number of hydrogen-bond acceptors (Lipinski definition) is 7. The number of hydrogen-bond donors (Lipinski definition) is 0. The van der Waals surface area contributed by atoms with Gasteiger partial charge in [-0.05, 0) is 38.5 Å². The lowest BCUT2D eigenvalue weighted by molar-refractivity contribution is 0.390. The van der Waals surface area contributed by atoms with Crippen molar-refractivity contribution in [2.75, 3.05) is 0 Å². The van der Waals surface area contributed by atoms with Gasteiger partial charge in [-0.25, -0.2) is 9.97 Å². The van der Waals surface area contributed by atoms with E-state index in [2.05, 4.69) is 20.1 Å². The van der Waals surface area contributed by atoms with E-state index in [0.717, 1.165) is 17.0 Å². The molecule has 0 aliphatic heterocycles. The molecule has 6 nitrogen and oxygen atoms in total. The molecule has 3 rings (SSSR count). The number of nitrogens with zero attached hydrogens (tertiary/aromatic N) is 4. The van der Waals surface area contributed by atoms with Gasteiger partial charge in [-0.15, -0.1) is 0 Å². The van der Waals surface area contributed by atoms with E-state index in [1.807, 2.05) is 20.8 Å². The van der Waals surface area contributed by atoms with Crippen LogP contribution in [-0.2, 0) is 5.75 Å². The van der Waals surface area contributed by atoms with E-state index in [0.29, 0.717) is 28.4 Å². The van der Waals surface area contributed by atoms with Gasteiger partial charge in [-0.1, -0.05) is 16.9 Å². The quantitative estimate of drug-likeness (QED) is 0.540. The Morgan fingerprint density at radius 2 is 1.86 bits per heavy atom. The van der Waals surface area contributed by atoms with E-state index in [1.54, 1.807) is 18.4 Å². The van der Waals surface area contributed by atoms with Crippen LogP contribution in [0.3, 0.4) is 0 Å². The van der Waals surface area contributed by atoms with E-state index in [4.69, 9.17) is 8.94 Å². The van der Waals surface area contributed by atoms with Crippen molar-refractivity contribution in [1.29, 1.82) is 0 Å². The van der Waals surface area contributed by atoms with E-state index in [9.17, 15) is 0 Å². The van der Waals surface area contributed by atoms with Crippen molar-refractivity contribution in [2.24, 2.45) is 0 Å². The first kappa shape index (κ1) is 13.8. The third-order valence-electron chi connectivity index (χ3n) is 3.15. The first-order valence-corrected chi connectivity index (χ1v) is 7.43. The third-order valence-corrected chi connectivity index (χ3v) is 3.98. The molecule has 0 radical (unpaired) electrons. The molecular formula is C14H14N4O2S. The average molecular weight is 302 g/mol. The first-order valence-electron chi connectivity index (χ1n) is 6.44. The number of rotatable bonds is 4. The van der Waals surface area contributed by atoms with Gasteiger partial charge in [-0.3, -0.25) is 0 Å². The molecule has 0 aliphatic rings. The molecule has 108 valence electrons. The smallest absolute Gasteiger partial charge is 0.238 e. The van der Waals surface area contributed by atoms with Crippen molar-refractivity contribution in [2.45, 2.75) is 31.7 Å². The molecule has 0 amide bonds. The fourth-order valence-corrected chi connectivity index (χ4v) is 2.52. The molecule has 0 atom stereocenters. The summed E-state index contributed by atoms with van der Waals surface area (Å²) in [6.07, 6.45) is 1.58. The molecule has 3 aromatic rings. The van der Waals surface area contributed by atoms with Gasteiger partial charge in [0.1, 0.15) is 0 Å². The summed E-state index contributed by atoms with van der Waals surface area (Å²) in [6, 6.07) is 3.57. The summed E-state index contributed by atoms with van der Waals surface area (Å²) in [6.45, 7) is 5.98. The number of aryl methyl sites for hydroxylation is 2. The summed E-state index contributed by atoms with van der Waals surface area (Å²) in [4.78, 5) is 13.2. The number of furan rings is 1. The highest BCUT2D eigenvalue weighted by Crippen LogP contribution is 2.22. The second kappa shape index (κ2) is 5.69. The zero-order chi connectivity index (χ0) is 14.8. The van der Waals surface area contributed by atoms with Crippen LogP contribution in [0.4, 0.5) is 0 Å². The Labute approximate surface area is 126 Å². The zero-order valence-electron chi connectivity index (χ0n) is 12.0. The fraction of sp³-hybridized carbons (Fsp3) is 0.286. The Morgan fingerprint density at radius 3 is 2.52 bits per heavy atom. The van der Waals surface area contributed by atoms with Crippen LogP contribution >= 0.6 is 11.8 Å². The van der Waals surface area contributed by atoms with E-state index in [1.165, 1.54) is 11.8 Å². The molecule has 0 bridgehead atoms. The molecular weight excluding hydrogens is 288 g/mol. The molecule has 0 aliphatic carbocycles. The predicted octanol–water partition coefficient (Wildman–Crippen LogP) is 3.34. The summed E-state index contributed by atoms with van der Waals surface area (Å²) in [5.41, 5.74) is 3.11. The normalized spacial score (nSPS) is 11.0. The highest BCUT2D eigenvalue weighted by Gasteiger charge is 2.12. The molecule has 0 spiro atoms. The molecule has 0 aromatic carbocycles. The Hall–Kier alpha value is -2.15. The van der Waals surface area contributed by atoms with E-state index >= 15 is 0 Å². The largest absolute Gasteiger partial charge is 0.461 e. The average Bonchev–Trinajstić information content (AvgIpc) is 3.12. The molecule has 3 aromatic heterocycles. The first-order chi connectivity index (χ1) is 10.1. The van der Waals surface area contributed by atoms with Crippen molar-refractivity contribution < 1.29 is 8.94 Å². The Kier molecular flexibility index (Phi) is 3.74. The van der Waals surface area contributed by atoms with Gasteiger partial charge < -0.3 is 8.94 Å². The maximum atomic E-state index is 5.22. The van der Waals surface area contributed by atoms with E-state index < -0.39 is 0 Å². The minimum absolute atomic E-state index is 0.452. The summed E-state index contributed by atoms with van der Waals surface area (Å²) in [7, 11) is 0. The Morgan fingerprint density at radius 1 is 1.10 bits per heavy atom. The van der Waals surface area contributed by atoms with Crippen molar-refractivity contribution in [1.82, 2.24) is 20.1 Å².